The third-order valence-corrected chi connectivity index (χ3v) is 3.55. The monoisotopic (exact) mass is 287 g/mol. The van der Waals surface area contributed by atoms with Gasteiger partial charge in [0.05, 0.1) is 0 Å². The molecule has 1 aromatic carbocycles. The van der Waals surface area contributed by atoms with E-state index < -0.39 is 0 Å². The highest BCUT2D eigenvalue weighted by Gasteiger charge is 2.20. The van der Waals surface area contributed by atoms with Gasteiger partial charge in [-0.1, -0.05) is 30.3 Å². The molecule has 0 unspecified atom stereocenters. The Hall–Kier alpha value is -2.17. The van der Waals surface area contributed by atoms with E-state index in [9.17, 15) is 9.59 Å². The maximum Gasteiger partial charge on any atom is 0.269 e. The molecular formula is C16H21N3O2. The summed E-state index contributed by atoms with van der Waals surface area (Å²) in [5.41, 5.74) is 4.13. The molecule has 0 aromatic heterocycles. The predicted molar refractivity (Wildman–Crippen MR) is 81.8 cm³/mol. The van der Waals surface area contributed by atoms with E-state index in [1.54, 1.807) is 11.9 Å². The van der Waals surface area contributed by atoms with Crippen molar-refractivity contribution in [3.05, 3.63) is 35.9 Å². The molecule has 1 aliphatic heterocycles. The van der Waals surface area contributed by atoms with Crippen molar-refractivity contribution in [1.82, 2.24) is 10.3 Å². The zero-order valence-corrected chi connectivity index (χ0v) is 12.3. The topological polar surface area (TPSA) is 61.8 Å². The second-order valence-electron chi connectivity index (χ2n) is 5.26. The highest BCUT2D eigenvalue weighted by atomic mass is 16.2. The van der Waals surface area contributed by atoms with Crippen LogP contribution >= 0.6 is 0 Å². The minimum Gasteiger partial charge on any atom is -0.341 e. The third kappa shape index (κ3) is 4.70. The normalized spacial score (nSPS) is 14.3. The van der Waals surface area contributed by atoms with Crippen LogP contribution in [0.5, 0.6) is 0 Å². The number of amides is 2. The number of nitrogens with zero attached hydrogens (tertiary/aromatic N) is 2. The standard InChI is InChI=1S/C16H21N3O2/c1-19(16(21)14-10-11-15(20)18-17-14)12-6-5-9-13-7-3-2-4-8-13/h2-4,7-8H,5-6,9-12H2,1H3,(H,18,20). The predicted octanol–water partition coefficient (Wildman–Crippen LogP) is 1.73. The second-order valence-corrected chi connectivity index (χ2v) is 5.26. The summed E-state index contributed by atoms with van der Waals surface area (Å²) < 4.78 is 0. The maximum atomic E-state index is 12.1. The molecule has 0 saturated carbocycles. The van der Waals surface area contributed by atoms with Gasteiger partial charge in [-0.3, -0.25) is 9.59 Å². The number of hydrogen-bond acceptors (Lipinski definition) is 3. The van der Waals surface area contributed by atoms with Gasteiger partial charge in [-0.2, -0.15) is 5.10 Å². The van der Waals surface area contributed by atoms with Crippen molar-refractivity contribution in [2.75, 3.05) is 13.6 Å². The van der Waals surface area contributed by atoms with Crippen LogP contribution in [0.3, 0.4) is 0 Å². The Morgan fingerprint density at radius 1 is 1.24 bits per heavy atom. The number of aryl methyl sites for hydroxylation is 1. The lowest BCUT2D eigenvalue weighted by Gasteiger charge is -2.19. The fourth-order valence-electron chi connectivity index (χ4n) is 2.27. The van der Waals surface area contributed by atoms with E-state index >= 15 is 0 Å². The Balaban J connectivity index is 1.70. The van der Waals surface area contributed by atoms with Crippen molar-refractivity contribution < 1.29 is 9.59 Å². The Morgan fingerprint density at radius 3 is 2.67 bits per heavy atom. The summed E-state index contributed by atoms with van der Waals surface area (Å²) >= 11 is 0. The molecule has 1 N–H and O–H groups in total. The number of rotatable bonds is 6. The Bertz CT molecular complexity index is 526. The molecule has 0 saturated heterocycles. The molecule has 5 nitrogen and oxygen atoms in total. The van der Waals surface area contributed by atoms with Crippen LogP contribution in [-0.4, -0.2) is 36.0 Å². The van der Waals surface area contributed by atoms with E-state index in [1.165, 1.54) is 5.56 Å². The summed E-state index contributed by atoms with van der Waals surface area (Å²) in [7, 11) is 1.78. The van der Waals surface area contributed by atoms with Gasteiger partial charge in [0.1, 0.15) is 5.71 Å². The van der Waals surface area contributed by atoms with Gasteiger partial charge >= 0.3 is 0 Å². The zero-order chi connectivity index (χ0) is 15.1. The average Bonchev–Trinajstić information content (AvgIpc) is 2.52. The number of carbonyl (C=O) groups is 2. The molecular weight excluding hydrogens is 266 g/mol. The third-order valence-electron chi connectivity index (χ3n) is 3.55. The van der Waals surface area contributed by atoms with Crippen LogP contribution in [0, 0.1) is 0 Å². The lowest BCUT2D eigenvalue weighted by atomic mass is 10.1. The van der Waals surface area contributed by atoms with Gasteiger partial charge in [-0.05, 0) is 24.8 Å². The smallest absolute Gasteiger partial charge is 0.269 e. The summed E-state index contributed by atoms with van der Waals surface area (Å²) in [6.45, 7) is 0.707. The Kier molecular flexibility index (Phi) is 5.49. The summed E-state index contributed by atoms with van der Waals surface area (Å²) in [5, 5.41) is 3.83. The van der Waals surface area contributed by atoms with Crippen molar-refractivity contribution in [2.24, 2.45) is 5.10 Å². The van der Waals surface area contributed by atoms with Gasteiger partial charge in [-0.15, -0.1) is 0 Å². The highest BCUT2D eigenvalue weighted by Crippen LogP contribution is 2.07. The molecule has 0 atom stereocenters. The lowest BCUT2D eigenvalue weighted by Crippen LogP contribution is -2.38. The number of nitrogens with one attached hydrogen (secondary N) is 1. The van der Waals surface area contributed by atoms with E-state index in [-0.39, 0.29) is 11.8 Å². The molecule has 1 aliphatic rings. The molecule has 2 rings (SSSR count). The van der Waals surface area contributed by atoms with Crippen LogP contribution in [0.4, 0.5) is 0 Å². The van der Waals surface area contributed by atoms with Crippen molar-refractivity contribution >= 4 is 17.5 Å². The maximum absolute atomic E-state index is 12.1. The highest BCUT2D eigenvalue weighted by molar-refractivity contribution is 6.39. The summed E-state index contributed by atoms with van der Waals surface area (Å²) in [5.74, 6) is -0.216. The summed E-state index contributed by atoms with van der Waals surface area (Å²) in [6.07, 6.45) is 3.80. The van der Waals surface area contributed by atoms with Crippen molar-refractivity contribution in [2.45, 2.75) is 32.1 Å². The summed E-state index contributed by atoms with van der Waals surface area (Å²) in [6, 6.07) is 10.3. The van der Waals surface area contributed by atoms with Crippen LogP contribution in [-0.2, 0) is 16.0 Å². The van der Waals surface area contributed by atoms with Gasteiger partial charge in [0.25, 0.3) is 5.91 Å². The average molecular weight is 287 g/mol. The number of carbonyl (C=O) groups excluding carboxylic acids is 2. The SMILES string of the molecule is CN(CCCCc1ccccc1)C(=O)C1=NNC(=O)CC1. The Labute approximate surface area is 125 Å². The van der Waals surface area contributed by atoms with Crippen LogP contribution in [0.15, 0.2) is 35.4 Å². The van der Waals surface area contributed by atoms with Gasteiger partial charge in [0, 0.05) is 26.4 Å². The minimum atomic E-state index is -0.128. The minimum absolute atomic E-state index is 0.0882. The number of hydrogen-bond donors (Lipinski definition) is 1. The quantitative estimate of drug-likeness (QED) is 0.810. The number of unbranched alkanes of at least 4 members (excludes halogenated alkanes) is 1. The molecule has 0 aliphatic carbocycles. The summed E-state index contributed by atoms with van der Waals surface area (Å²) in [4.78, 5) is 24.8. The first-order valence-electron chi connectivity index (χ1n) is 7.31. The molecule has 2 amide bonds. The van der Waals surface area contributed by atoms with E-state index in [0.29, 0.717) is 25.1 Å². The molecule has 0 radical (unpaired) electrons. The van der Waals surface area contributed by atoms with Gasteiger partial charge in [-0.25, -0.2) is 5.43 Å². The molecule has 1 aromatic rings. The molecule has 1 heterocycles. The first-order valence-corrected chi connectivity index (χ1v) is 7.31. The van der Waals surface area contributed by atoms with Crippen LogP contribution < -0.4 is 5.43 Å². The van der Waals surface area contributed by atoms with Crippen LogP contribution in [0.25, 0.3) is 0 Å². The zero-order valence-electron chi connectivity index (χ0n) is 12.3. The van der Waals surface area contributed by atoms with Crippen molar-refractivity contribution in [3.8, 4) is 0 Å². The molecule has 0 spiro atoms. The van der Waals surface area contributed by atoms with Crippen molar-refractivity contribution in [3.63, 3.8) is 0 Å². The largest absolute Gasteiger partial charge is 0.341 e. The lowest BCUT2D eigenvalue weighted by molar-refractivity contribution is -0.123. The van der Waals surface area contributed by atoms with Crippen LogP contribution in [0.1, 0.15) is 31.2 Å². The van der Waals surface area contributed by atoms with Gasteiger partial charge < -0.3 is 4.90 Å². The van der Waals surface area contributed by atoms with E-state index in [1.807, 2.05) is 18.2 Å². The fraction of sp³-hybridized carbons (Fsp3) is 0.438. The number of hydrazone groups is 1. The molecule has 5 heteroatoms. The second kappa shape index (κ2) is 7.57. The fourth-order valence-corrected chi connectivity index (χ4v) is 2.27. The Morgan fingerprint density at radius 2 is 2.00 bits per heavy atom. The van der Waals surface area contributed by atoms with Gasteiger partial charge in [0.15, 0.2) is 0 Å². The molecule has 112 valence electrons. The first-order chi connectivity index (χ1) is 10.2. The van der Waals surface area contributed by atoms with E-state index in [2.05, 4.69) is 22.7 Å². The molecule has 0 bridgehead atoms. The van der Waals surface area contributed by atoms with E-state index in [0.717, 1.165) is 19.3 Å². The first kappa shape index (κ1) is 15.2. The molecule has 21 heavy (non-hydrogen) atoms. The molecule has 0 fully saturated rings. The van der Waals surface area contributed by atoms with Crippen LogP contribution in [0.2, 0.25) is 0 Å². The number of benzene rings is 1. The van der Waals surface area contributed by atoms with Gasteiger partial charge in [0.2, 0.25) is 5.91 Å². The van der Waals surface area contributed by atoms with Crippen molar-refractivity contribution in [1.29, 1.82) is 0 Å². The van der Waals surface area contributed by atoms with E-state index in [4.69, 9.17) is 0 Å².